The molecule has 70 valence electrons. The van der Waals surface area contributed by atoms with E-state index in [0.29, 0.717) is 10.2 Å². The molecule has 3 nitrogen and oxygen atoms in total. The van der Waals surface area contributed by atoms with Gasteiger partial charge in [-0.1, -0.05) is 13.8 Å². The predicted molar refractivity (Wildman–Crippen MR) is 42.1 cm³/mol. The van der Waals surface area contributed by atoms with Gasteiger partial charge in [0, 0.05) is 6.20 Å². The third-order valence-electron chi connectivity index (χ3n) is 1.69. The zero-order valence-electron chi connectivity index (χ0n) is 7.33. The molecule has 0 amide bonds. The van der Waals surface area contributed by atoms with Gasteiger partial charge in [0.15, 0.2) is 6.07 Å². The van der Waals surface area contributed by atoms with E-state index in [0.717, 1.165) is 6.07 Å². The Morgan fingerprint density at radius 3 is 2.62 bits per heavy atom. The molecule has 0 saturated heterocycles. The molecule has 0 bridgehead atoms. The molecule has 0 aliphatic heterocycles. The quantitative estimate of drug-likeness (QED) is 0.707. The third kappa shape index (κ3) is 1.83. The molecule has 0 aromatic carbocycles. The van der Waals surface area contributed by atoms with Gasteiger partial charge >= 0.3 is 6.05 Å². The van der Waals surface area contributed by atoms with Crippen LogP contribution in [-0.2, 0) is 6.05 Å². The Labute approximate surface area is 74.6 Å². The fourth-order valence-corrected chi connectivity index (χ4v) is 0.840. The standard InChI is InChI=1S/C8H9F2N3/c1-6(2)7-3-12-13(4-7)8(9,10)5-11/h3-4,6H,1-2H3. The van der Waals surface area contributed by atoms with Gasteiger partial charge in [-0.3, -0.25) is 0 Å². The van der Waals surface area contributed by atoms with Crippen molar-refractivity contribution < 1.29 is 8.78 Å². The summed E-state index contributed by atoms with van der Waals surface area (Å²) in [6, 6.07) is -2.67. The lowest BCUT2D eigenvalue weighted by molar-refractivity contribution is -0.0310. The first-order chi connectivity index (χ1) is 5.97. The molecule has 0 fully saturated rings. The molecule has 0 unspecified atom stereocenters. The topological polar surface area (TPSA) is 41.6 Å². The van der Waals surface area contributed by atoms with Crippen LogP contribution < -0.4 is 0 Å². The van der Waals surface area contributed by atoms with E-state index in [-0.39, 0.29) is 5.92 Å². The van der Waals surface area contributed by atoms with Gasteiger partial charge in [-0.2, -0.15) is 23.8 Å². The van der Waals surface area contributed by atoms with Crippen molar-refractivity contribution in [1.29, 1.82) is 5.26 Å². The molecule has 0 N–H and O–H groups in total. The minimum absolute atomic E-state index is 0.128. The van der Waals surface area contributed by atoms with Gasteiger partial charge in [-0.15, -0.1) is 0 Å². The number of halogens is 2. The third-order valence-corrected chi connectivity index (χ3v) is 1.69. The molecule has 1 rings (SSSR count). The lowest BCUT2D eigenvalue weighted by Gasteiger charge is -2.06. The SMILES string of the molecule is CC(C)c1cnn(C(F)(F)C#N)c1. The van der Waals surface area contributed by atoms with Gasteiger partial charge in [0.25, 0.3) is 0 Å². The Kier molecular flexibility index (Phi) is 2.32. The highest BCUT2D eigenvalue weighted by Crippen LogP contribution is 2.21. The van der Waals surface area contributed by atoms with Gasteiger partial charge in [0.05, 0.1) is 6.20 Å². The second kappa shape index (κ2) is 3.13. The second-order valence-electron chi connectivity index (χ2n) is 3.03. The summed E-state index contributed by atoms with van der Waals surface area (Å²) in [5.74, 6) is 0.128. The molecule has 1 aromatic rings. The minimum atomic E-state index is -3.55. The van der Waals surface area contributed by atoms with Crippen LogP contribution in [0.4, 0.5) is 8.78 Å². The number of hydrogen-bond donors (Lipinski definition) is 0. The number of nitrogens with zero attached hydrogens (tertiary/aromatic N) is 3. The summed E-state index contributed by atoms with van der Waals surface area (Å²) in [5.41, 5.74) is 0.690. The zero-order valence-corrected chi connectivity index (χ0v) is 7.33. The van der Waals surface area contributed by atoms with Crippen LogP contribution in [0.25, 0.3) is 0 Å². The molecule has 0 atom stereocenters. The first-order valence-corrected chi connectivity index (χ1v) is 3.81. The minimum Gasteiger partial charge on any atom is -0.196 e. The van der Waals surface area contributed by atoms with Crippen LogP contribution in [0, 0.1) is 11.3 Å². The van der Waals surface area contributed by atoms with Crippen molar-refractivity contribution in [2.24, 2.45) is 0 Å². The lowest BCUT2D eigenvalue weighted by Crippen LogP contribution is -2.20. The first kappa shape index (κ1) is 9.65. The molecule has 0 saturated carbocycles. The molecule has 1 heterocycles. The Bertz CT molecular complexity index is 335. The lowest BCUT2D eigenvalue weighted by atomic mass is 10.1. The van der Waals surface area contributed by atoms with Crippen LogP contribution in [0.5, 0.6) is 0 Å². The molecule has 0 radical (unpaired) electrons. The maximum absolute atomic E-state index is 12.7. The van der Waals surface area contributed by atoms with Crippen LogP contribution in [0.1, 0.15) is 25.3 Å². The van der Waals surface area contributed by atoms with Gasteiger partial charge in [-0.05, 0) is 11.5 Å². The summed E-state index contributed by atoms with van der Waals surface area (Å²) in [5, 5.41) is 11.6. The van der Waals surface area contributed by atoms with E-state index in [1.165, 1.54) is 12.4 Å². The zero-order chi connectivity index (χ0) is 10.1. The van der Waals surface area contributed by atoms with Crippen LogP contribution >= 0.6 is 0 Å². The maximum Gasteiger partial charge on any atom is 0.433 e. The predicted octanol–water partition coefficient (Wildman–Crippen LogP) is 2.08. The van der Waals surface area contributed by atoms with Crippen molar-refractivity contribution in [3.63, 3.8) is 0 Å². The molecule has 0 aliphatic rings. The van der Waals surface area contributed by atoms with Crippen molar-refractivity contribution in [2.75, 3.05) is 0 Å². The molecule has 1 aromatic heterocycles. The number of nitriles is 1. The van der Waals surface area contributed by atoms with Crippen LogP contribution in [-0.4, -0.2) is 9.78 Å². The molecule has 13 heavy (non-hydrogen) atoms. The smallest absolute Gasteiger partial charge is 0.196 e. The molecule has 0 spiro atoms. The van der Waals surface area contributed by atoms with Gasteiger partial charge in [0.2, 0.25) is 0 Å². The fourth-order valence-electron chi connectivity index (χ4n) is 0.840. The summed E-state index contributed by atoms with van der Waals surface area (Å²) in [4.78, 5) is 0. The van der Waals surface area contributed by atoms with Crippen LogP contribution in [0.2, 0.25) is 0 Å². The largest absolute Gasteiger partial charge is 0.433 e. The summed E-state index contributed by atoms with van der Waals surface area (Å²) in [6.07, 6.45) is 2.53. The number of alkyl halides is 2. The molecule has 5 heteroatoms. The van der Waals surface area contributed by atoms with Gasteiger partial charge < -0.3 is 0 Å². The Hall–Kier alpha value is -1.44. The Morgan fingerprint density at radius 1 is 1.62 bits per heavy atom. The van der Waals surface area contributed by atoms with E-state index in [9.17, 15) is 8.78 Å². The summed E-state index contributed by atoms with van der Waals surface area (Å²) in [6.45, 7) is 3.73. The Balaban J connectivity index is 3.00. The molecule has 0 aliphatic carbocycles. The second-order valence-corrected chi connectivity index (χ2v) is 3.03. The van der Waals surface area contributed by atoms with E-state index >= 15 is 0 Å². The van der Waals surface area contributed by atoms with Gasteiger partial charge in [0.1, 0.15) is 0 Å². The maximum atomic E-state index is 12.7. The van der Waals surface area contributed by atoms with E-state index in [4.69, 9.17) is 5.26 Å². The summed E-state index contributed by atoms with van der Waals surface area (Å²) < 4.78 is 25.8. The highest BCUT2D eigenvalue weighted by atomic mass is 19.3. The van der Waals surface area contributed by atoms with Crippen LogP contribution in [0.3, 0.4) is 0 Å². The Morgan fingerprint density at radius 2 is 2.23 bits per heavy atom. The van der Waals surface area contributed by atoms with E-state index in [1.807, 2.05) is 13.8 Å². The number of aromatic nitrogens is 2. The van der Waals surface area contributed by atoms with Gasteiger partial charge in [-0.25, -0.2) is 0 Å². The number of hydrogen-bond acceptors (Lipinski definition) is 2. The van der Waals surface area contributed by atoms with Crippen molar-refractivity contribution in [1.82, 2.24) is 9.78 Å². The number of rotatable bonds is 2. The molecular formula is C8H9F2N3. The average Bonchev–Trinajstić information content (AvgIpc) is 2.52. The van der Waals surface area contributed by atoms with Crippen molar-refractivity contribution in [2.45, 2.75) is 25.8 Å². The van der Waals surface area contributed by atoms with E-state index < -0.39 is 6.05 Å². The van der Waals surface area contributed by atoms with E-state index in [2.05, 4.69) is 5.10 Å². The van der Waals surface area contributed by atoms with Crippen molar-refractivity contribution in [3.8, 4) is 6.07 Å². The molecular weight excluding hydrogens is 176 g/mol. The van der Waals surface area contributed by atoms with Crippen molar-refractivity contribution >= 4 is 0 Å². The summed E-state index contributed by atoms with van der Waals surface area (Å²) >= 11 is 0. The van der Waals surface area contributed by atoms with Crippen LogP contribution in [0.15, 0.2) is 12.4 Å². The monoisotopic (exact) mass is 185 g/mol. The highest BCUT2D eigenvalue weighted by Gasteiger charge is 2.32. The summed E-state index contributed by atoms with van der Waals surface area (Å²) in [7, 11) is 0. The highest BCUT2D eigenvalue weighted by molar-refractivity contribution is 5.10. The fraction of sp³-hybridized carbons (Fsp3) is 0.500. The average molecular weight is 185 g/mol. The normalized spacial score (nSPS) is 11.7. The van der Waals surface area contributed by atoms with E-state index in [1.54, 1.807) is 0 Å². The van der Waals surface area contributed by atoms with Crippen molar-refractivity contribution in [3.05, 3.63) is 18.0 Å². The first-order valence-electron chi connectivity index (χ1n) is 3.81.